The Morgan fingerprint density at radius 2 is 2.33 bits per heavy atom. The van der Waals surface area contributed by atoms with Crippen molar-refractivity contribution in [2.45, 2.75) is 6.92 Å². The van der Waals surface area contributed by atoms with Crippen LogP contribution < -0.4 is 5.73 Å². The molecule has 2 N–H and O–H groups in total. The quantitative estimate of drug-likeness (QED) is 0.560. The standard InChI is InChI=1S/C6H9FN2/c1-5(2)9-4-6(7)3-8/h3-4H,1,8H2,2H3/b6-3+,9-4-. The van der Waals surface area contributed by atoms with E-state index in [0.29, 0.717) is 5.70 Å². The van der Waals surface area contributed by atoms with Crippen LogP contribution in [0, 0.1) is 0 Å². The van der Waals surface area contributed by atoms with Gasteiger partial charge in [-0.1, -0.05) is 6.58 Å². The summed E-state index contributed by atoms with van der Waals surface area (Å²) in [6.07, 6.45) is 1.86. The number of nitrogens with two attached hydrogens (primary N) is 1. The molecule has 0 unspecified atom stereocenters. The van der Waals surface area contributed by atoms with E-state index in [2.05, 4.69) is 11.6 Å². The summed E-state index contributed by atoms with van der Waals surface area (Å²) in [5.74, 6) is -0.557. The number of halogens is 1. The van der Waals surface area contributed by atoms with Crippen LogP contribution in [0.4, 0.5) is 4.39 Å². The first-order valence-corrected chi connectivity index (χ1v) is 2.44. The van der Waals surface area contributed by atoms with Crippen molar-refractivity contribution in [2.24, 2.45) is 10.7 Å². The van der Waals surface area contributed by atoms with Gasteiger partial charge in [-0.05, 0) is 6.92 Å². The van der Waals surface area contributed by atoms with Crippen molar-refractivity contribution >= 4 is 6.21 Å². The molecule has 9 heavy (non-hydrogen) atoms. The summed E-state index contributed by atoms with van der Waals surface area (Å²) in [6.45, 7) is 5.10. The molecule has 0 aliphatic carbocycles. The molecule has 0 bridgehead atoms. The van der Waals surface area contributed by atoms with E-state index in [9.17, 15) is 4.39 Å². The van der Waals surface area contributed by atoms with Gasteiger partial charge in [0.05, 0.1) is 6.21 Å². The van der Waals surface area contributed by atoms with Crippen molar-refractivity contribution < 1.29 is 4.39 Å². The first-order valence-electron chi connectivity index (χ1n) is 2.44. The lowest BCUT2D eigenvalue weighted by Crippen LogP contribution is -1.83. The molecular weight excluding hydrogens is 119 g/mol. The Balaban J connectivity index is 3.86. The second kappa shape index (κ2) is 3.83. The van der Waals surface area contributed by atoms with Gasteiger partial charge in [0.15, 0.2) is 5.83 Å². The summed E-state index contributed by atoms with van der Waals surface area (Å²) in [5, 5.41) is 0. The van der Waals surface area contributed by atoms with Crippen LogP contribution in [-0.2, 0) is 0 Å². The van der Waals surface area contributed by atoms with Gasteiger partial charge in [-0.3, -0.25) is 4.99 Å². The summed E-state index contributed by atoms with van der Waals surface area (Å²) in [6, 6.07) is 0. The van der Waals surface area contributed by atoms with Gasteiger partial charge in [-0.15, -0.1) is 0 Å². The molecule has 0 saturated carbocycles. The molecule has 0 aromatic heterocycles. The van der Waals surface area contributed by atoms with E-state index < -0.39 is 5.83 Å². The molecular formula is C6H9FN2. The number of allylic oxidation sites excluding steroid dienone is 2. The Bertz CT molecular complexity index is 158. The molecule has 0 saturated heterocycles. The van der Waals surface area contributed by atoms with E-state index in [1.54, 1.807) is 6.92 Å². The largest absolute Gasteiger partial charge is 0.402 e. The fourth-order valence-corrected chi connectivity index (χ4v) is 0.215. The van der Waals surface area contributed by atoms with Crippen molar-refractivity contribution in [3.8, 4) is 0 Å². The van der Waals surface area contributed by atoms with Crippen LogP contribution >= 0.6 is 0 Å². The third-order valence-electron chi connectivity index (χ3n) is 0.567. The first-order chi connectivity index (χ1) is 4.16. The number of hydrogen-bond donors (Lipinski definition) is 1. The van der Waals surface area contributed by atoms with Gasteiger partial charge in [0.2, 0.25) is 0 Å². The molecule has 0 aliphatic rings. The van der Waals surface area contributed by atoms with Crippen LogP contribution in [0.15, 0.2) is 29.3 Å². The fourth-order valence-electron chi connectivity index (χ4n) is 0.215. The highest BCUT2D eigenvalue weighted by molar-refractivity contribution is 5.76. The van der Waals surface area contributed by atoms with Crippen molar-refractivity contribution in [3.63, 3.8) is 0 Å². The Morgan fingerprint density at radius 1 is 1.78 bits per heavy atom. The lowest BCUT2D eigenvalue weighted by atomic mass is 10.5. The van der Waals surface area contributed by atoms with Gasteiger partial charge in [0, 0.05) is 11.9 Å². The first kappa shape index (κ1) is 7.88. The van der Waals surface area contributed by atoms with Crippen molar-refractivity contribution in [3.05, 3.63) is 24.3 Å². The highest BCUT2D eigenvalue weighted by atomic mass is 19.1. The minimum Gasteiger partial charge on any atom is -0.402 e. The molecule has 0 spiro atoms. The topological polar surface area (TPSA) is 38.4 Å². The number of rotatable bonds is 2. The average Bonchev–Trinajstić information content (AvgIpc) is 1.83. The van der Waals surface area contributed by atoms with Gasteiger partial charge in [0.25, 0.3) is 0 Å². The lowest BCUT2D eigenvalue weighted by Gasteiger charge is -1.83. The Kier molecular flexibility index (Phi) is 3.35. The van der Waals surface area contributed by atoms with Gasteiger partial charge >= 0.3 is 0 Å². The van der Waals surface area contributed by atoms with E-state index in [4.69, 9.17) is 5.73 Å². The Morgan fingerprint density at radius 3 is 2.67 bits per heavy atom. The molecule has 0 radical (unpaired) electrons. The van der Waals surface area contributed by atoms with Crippen LogP contribution in [0.3, 0.4) is 0 Å². The van der Waals surface area contributed by atoms with Crippen LogP contribution in [-0.4, -0.2) is 6.21 Å². The fraction of sp³-hybridized carbons (Fsp3) is 0.167. The average molecular weight is 128 g/mol. The van der Waals surface area contributed by atoms with Gasteiger partial charge in [-0.25, -0.2) is 4.39 Å². The molecule has 2 nitrogen and oxygen atoms in total. The van der Waals surface area contributed by atoms with Crippen LogP contribution in [0.1, 0.15) is 6.92 Å². The maximum Gasteiger partial charge on any atom is 0.156 e. The van der Waals surface area contributed by atoms with E-state index in [1.165, 1.54) is 0 Å². The second-order valence-corrected chi connectivity index (χ2v) is 1.55. The monoisotopic (exact) mass is 128 g/mol. The Labute approximate surface area is 53.6 Å². The second-order valence-electron chi connectivity index (χ2n) is 1.55. The highest BCUT2D eigenvalue weighted by Gasteiger charge is 1.82. The number of nitrogens with zero attached hydrogens (tertiary/aromatic N) is 1. The molecule has 0 aromatic carbocycles. The van der Waals surface area contributed by atoms with Gasteiger partial charge < -0.3 is 5.73 Å². The van der Waals surface area contributed by atoms with E-state index in [1.807, 2.05) is 0 Å². The normalized spacial score (nSPS) is 12.4. The predicted octanol–water partition coefficient (Wildman–Crippen LogP) is 1.36. The van der Waals surface area contributed by atoms with Crippen molar-refractivity contribution in [1.82, 2.24) is 0 Å². The van der Waals surface area contributed by atoms with Crippen LogP contribution in [0.2, 0.25) is 0 Å². The molecule has 0 rings (SSSR count). The minimum atomic E-state index is -0.557. The zero-order valence-electron chi connectivity index (χ0n) is 5.26. The summed E-state index contributed by atoms with van der Waals surface area (Å²) in [5.41, 5.74) is 5.35. The van der Waals surface area contributed by atoms with Gasteiger partial charge in [0.1, 0.15) is 0 Å². The summed E-state index contributed by atoms with van der Waals surface area (Å²) in [7, 11) is 0. The third-order valence-corrected chi connectivity index (χ3v) is 0.567. The molecule has 3 heteroatoms. The molecule has 0 aromatic rings. The molecule has 0 aliphatic heterocycles. The number of hydrogen-bond acceptors (Lipinski definition) is 2. The third kappa shape index (κ3) is 4.74. The molecule has 0 atom stereocenters. The van der Waals surface area contributed by atoms with Crippen LogP contribution in [0.25, 0.3) is 0 Å². The van der Waals surface area contributed by atoms with Gasteiger partial charge in [-0.2, -0.15) is 0 Å². The summed E-state index contributed by atoms with van der Waals surface area (Å²) >= 11 is 0. The van der Waals surface area contributed by atoms with Crippen molar-refractivity contribution in [2.75, 3.05) is 0 Å². The maximum atomic E-state index is 12.0. The molecule has 0 fully saturated rings. The lowest BCUT2D eigenvalue weighted by molar-refractivity contribution is 0.683. The maximum absolute atomic E-state index is 12.0. The summed E-state index contributed by atoms with van der Waals surface area (Å²) < 4.78 is 12.0. The number of aliphatic imine (C=N–C) groups is 1. The molecule has 0 amide bonds. The zero-order chi connectivity index (χ0) is 7.28. The van der Waals surface area contributed by atoms with E-state index in [-0.39, 0.29) is 0 Å². The van der Waals surface area contributed by atoms with E-state index >= 15 is 0 Å². The van der Waals surface area contributed by atoms with Crippen LogP contribution in [0.5, 0.6) is 0 Å². The smallest absolute Gasteiger partial charge is 0.156 e. The Hall–Kier alpha value is -1.12. The molecule has 0 heterocycles. The molecule has 50 valence electrons. The minimum absolute atomic E-state index is 0.548. The zero-order valence-corrected chi connectivity index (χ0v) is 5.26. The SMILES string of the molecule is C=C(C)/N=C\C(F)=C/N. The van der Waals surface area contributed by atoms with E-state index in [0.717, 1.165) is 12.4 Å². The predicted molar refractivity (Wildman–Crippen MR) is 36.7 cm³/mol. The highest BCUT2D eigenvalue weighted by Crippen LogP contribution is 1.91. The van der Waals surface area contributed by atoms with Crippen molar-refractivity contribution in [1.29, 1.82) is 0 Å². The summed E-state index contributed by atoms with van der Waals surface area (Å²) in [4.78, 5) is 3.55.